The number of aromatic nitrogens is 3. The second-order valence-corrected chi connectivity index (χ2v) is 7.12. The van der Waals surface area contributed by atoms with Crippen LogP contribution in [0.3, 0.4) is 0 Å². The van der Waals surface area contributed by atoms with E-state index in [9.17, 15) is 9.59 Å². The molecule has 0 spiro atoms. The number of carbonyl (C=O) groups excluding carboxylic acids is 1. The lowest BCUT2D eigenvalue weighted by Crippen LogP contribution is -2.24. The van der Waals surface area contributed by atoms with Gasteiger partial charge in [0, 0.05) is 12.1 Å². The second-order valence-electron chi connectivity index (χ2n) is 5.48. The predicted molar refractivity (Wildman–Crippen MR) is 105 cm³/mol. The van der Waals surface area contributed by atoms with E-state index < -0.39 is 0 Å². The molecule has 0 aliphatic rings. The van der Waals surface area contributed by atoms with Crippen molar-refractivity contribution in [3.8, 4) is 5.75 Å². The molecule has 8 heteroatoms. The summed E-state index contributed by atoms with van der Waals surface area (Å²) < 4.78 is 9.43. The lowest BCUT2D eigenvalue weighted by molar-refractivity contribution is 0.0970. The molecule has 1 aromatic carbocycles. The molecule has 0 atom stereocenters. The van der Waals surface area contributed by atoms with Gasteiger partial charge in [0.1, 0.15) is 16.8 Å². The van der Waals surface area contributed by atoms with Gasteiger partial charge in [-0.2, -0.15) is 0 Å². The molecule has 134 valence electrons. The van der Waals surface area contributed by atoms with Crippen molar-refractivity contribution < 1.29 is 9.53 Å². The lowest BCUT2D eigenvalue weighted by atomic mass is 10.1. The Morgan fingerprint density at radius 2 is 2.12 bits per heavy atom. The van der Waals surface area contributed by atoms with Crippen LogP contribution in [0.15, 0.2) is 48.0 Å². The molecule has 0 N–H and O–H groups in total. The number of ketones is 1. The Labute approximate surface area is 159 Å². The molecule has 0 amide bonds. The largest absolute Gasteiger partial charge is 0.494 e. The summed E-state index contributed by atoms with van der Waals surface area (Å²) in [5.41, 5.74) is 0.764. The standard InChI is InChI=1S/C18H17N3O3S2/c1-3-9-21-16-15(26-18(21)25)17(23)20(11-19-16)10-14(22)12-5-7-13(8-6-12)24-4-2/h3,5-8,11H,1,4,9-10H2,2H3. The number of Topliss-reactive ketones (excluding diaryl/α,β-unsaturated/α-hetero) is 1. The Bertz CT molecular complexity index is 1080. The Morgan fingerprint density at radius 1 is 1.38 bits per heavy atom. The second kappa shape index (κ2) is 7.76. The van der Waals surface area contributed by atoms with Crippen molar-refractivity contribution in [1.29, 1.82) is 0 Å². The number of ether oxygens (including phenoxy) is 1. The highest BCUT2D eigenvalue weighted by atomic mass is 32.1. The molecule has 0 radical (unpaired) electrons. The summed E-state index contributed by atoms with van der Waals surface area (Å²) in [4.78, 5) is 29.5. The van der Waals surface area contributed by atoms with Crippen LogP contribution in [0.25, 0.3) is 10.3 Å². The number of hydrogen-bond acceptors (Lipinski definition) is 6. The number of carbonyl (C=O) groups is 1. The first-order valence-electron chi connectivity index (χ1n) is 8.01. The third kappa shape index (κ3) is 3.51. The molecule has 0 saturated carbocycles. The molecule has 6 nitrogen and oxygen atoms in total. The molecular formula is C18H17N3O3S2. The Balaban J connectivity index is 1.90. The summed E-state index contributed by atoms with van der Waals surface area (Å²) in [6.07, 6.45) is 3.09. The molecule has 0 aliphatic carbocycles. The fourth-order valence-electron chi connectivity index (χ4n) is 2.52. The third-order valence-corrected chi connectivity index (χ3v) is 5.18. The number of hydrogen-bond donors (Lipinski definition) is 0. The van der Waals surface area contributed by atoms with E-state index in [4.69, 9.17) is 17.0 Å². The summed E-state index contributed by atoms with van der Waals surface area (Å²) >= 11 is 6.48. The molecule has 0 saturated heterocycles. The van der Waals surface area contributed by atoms with Gasteiger partial charge in [-0.3, -0.25) is 14.2 Å². The van der Waals surface area contributed by atoms with Crippen molar-refractivity contribution in [2.24, 2.45) is 0 Å². The Morgan fingerprint density at radius 3 is 2.77 bits per heavy atom. The SMILES string of the molecule is C=CCn1c(=S)sc2c(=O)n(CC(=O)c3ccc(OCC)cc3)cnc21. The van der Waals surface area contributed by atoms with Crippen LogP contribution in [0, 0.1) is 3.95 Å². The highest BCUT2D eigenvalue weighted by Crippen LogP contribution is 2.18. The highest BCUT2D eigenvalue weighted by molar-refractivity contribution is 7.73. The van der Waals surface area contributed by atoms with Gasteiger partial charge in [-0.05, 0) is 43.4 Å². The normalized spacial score (nSPS) is 10.8. The van der Waals surface area contributed by atoms with Gasteiger partial charge in [-0.15, -0.1) is 6.58 Å². The number of allylic oxidation sites excluding steroid dienone is 1. The van der Waals surface area contributed by atoms with Gasteiger partial charge < -0.3 is 9.30 Å². The number of fused-ring (bicyclic) bond motifs is 1. The fourth-order valence-corrected chi connectivity index (χ4v) is 3.84. The topological polar surface area (TPSA) is 66.1 Å². The van der Waals surface area contributed by atoms with Gasteiger partial charge >= 0.3 is 0 Å². The molecule has 0 fully saturated rings. The van der Waals surface area contributed by atoms with Gasteiger partial charge in [0.2, 0.25) is 0 Å². The van der Waals surface area contributed by atoms with Crippen LogP contribution in [0.1, 0.15) is 17.3 Å². The van der Waals surface area contributed by atoms with Crippen molar-refractivity contribution in [2.45, 2.75) is 20.0 Å². The zero-order valence-electron chi connectivity index (χ0n) is 14.2. The maximum atomic E-state index is 12.7. The minimum atomic E-state index is -0.270. The summed E-state index contributed by atoms with van der Waals surface area (Å²) in [5, 5.41) is 0. The Hall–Kier alpha value is -2.58. The zero-order chi connectivity index (χ0) is 18.7. The van der Waals surface area contributed by atoms with Crippen LogP contribution in [0.2, 0.25) is 0 Å². The molecule has 2 aromatic heterocycles. The van der Waals surface area contributed by atoms with E-state index in [1.165, 1.54) is 22.2 Å². The monoisotopic (exact) mass is 387 g/mol. The number of rotatable bonds is 7. The molecule has 26 heavy (non-hydrogen) atoms. The first-order valence-corrected chi connectivity index (χ1v) is 9.23. The van der Waals surface area contributed by atoms with Crippen molar-refractivity contribution in [3.05, 3.63) is 63.1 Å². The van der Waals surface area contributed by atoms with Crippen LogP contribution < -0.4 is 10.3 Å². The molecule has 0 unspecified atom stereocenters. The van der Waals surface area contributed by atoms with Crippen LogP contribution in [0.4, 0.5) is 0 Å². The van der Waals surface area contributed by atoms with Gasteiger partial charge in [-0.1, -0.05) is 17.4 Å². The average molecular weight is 387 g/mol. The maximum Gasteiger partial charge on any atom is 0.273 e. The van der Waals surface area contributed by atoms with E-state index in [-0.39, 0.29) is 17.9 Å². The summed E-state index contributed by atoms with van der Waals surface area (Å²) in [5.74, 6) is 0.526. The van der Waals surface area contributed by atoms with Crippen molar-refractivity contribution in [1.82, 2.24) is 14.1 Å². The summed E-state index contributed by atoms with van der Waals surface area (Å²) in [7, 11) is 0. The van der Waals surface area contributed by atoms with E-state index in [1.54, 1.807) is 34.9 Å². The average Bonchev–Trinajstić information content (AvgIpc) is 2.95. The molecule has 0 aliphatic heterocycles. The van der Waals surface area contributed by atoms with Crippen molar-refractivity contribution in [3.63, 3.8) is 0 Å². The molecule has 3 rings (SSSR count). The minimum Gasteiger partial charge on any atom is -0.494 e. The van der Waals surface area contributed by atoms with Crippen molar-refractivity contribution >= 4 is 39.7 Å². The van der Waals surface area contributed by atoms with Gasteiger partial charge in [0.25, 0.3) is 5.56 Å². The summed E-state index contributed by atoms with van der Waals surface area (Å²) in [6, 6.07) is 6.85. The van der Waals surface area contributed by atoms with E-state index in [0.29, 0.717) is 38.8 Å². The predicted octanol–water partition coefficient (Wildman–Crippen LogP) is 3.46. The van der Waals surface area contributed by atoms with Gasteiger partial charge in [0.15, 0.2) is 15.4 Å². The van der Waals surface area contributed by atoms with Crippen LogP contribution in [0.5, 0.6) is 5.75 Å². The minimum absolute atomic E-state index is 0.0815. The number of thiazole rings is 1. The van der Waals surface area contributed by atoms with Crippen LogP contribution >= 0.6 is 23.6 Å². The first kappa shape index (κ1) is 18.2. The third-order valence-electron chi connectivity index (χ3n) is 3.76. The number of benzene rings is 1. The van der Waals surface area contributed by atoms with Crippen LogP contribution in [-0.4, -0.2) is 26.5 Å². The molecule has 2 heterocycles. The quantitative estimate of drug-likeness (QED) is 0.353. The van der Waals surface area contributed by atoms with E-state index in [0.717, 1.165) is 0 Å². The Kier molecular flexibility index (Phi) is 5.43. The zero-order valence-corrected chi connectivity index (χ0v) is 15.8. The fraction of sp³-hybridized carbons (Fsp3) is 0.222. The highest BCUT2D eigenvalue weighted by Gasteiger charge is 2.14. The van der Waals surface area contributed by atoms with Crippen molar-refractivity contribution in [2.75, 3.05) is 6.61 Å². The smallest absolute Gasteiger partial charge is 0.273 e. The lowest BCUT2D eigenvalue weighted by Gasteiger charge is -2.07. The number of nitrogens with zero attached hydrogens (tertiary/aromatic N) is 3. The van der Waals surface area contributed by atoms with Crippen LogP contribution in [-0.2, 0) is 13.1 Å². The van der Waals surface area contributed by atoms with Gasteiger partial charge in [-0.25, -0.2) is 4.98 Å². The maximum absolute atomic E-state index is 12.7. The molecule has 3 aromatic rings. The van der Waals surface area contributed by atoms with Gasteiger partial charge in [0.05, 0.1) is 13.2 Å². The summed E-state index contributed by atoms with van der Waals surface area (Å²) in [6.45, 7) is 6.55. The van der Waals surface area contributed by atoms with E-state index in [2.05, 4.69) is 11.6 Å². The molecular weight excluding hydrogens is 370 g/mol. The molecule has 0 bridgehead atoms. The first-order chi connectivity index (χ1) is 12.5. The van der Waals surface area contributed by atoms with E-state index >= 15 is 0 Å². The van der Waals surface area contributed by atoms with E-state index in [1.807, 2.05) is 6.92 Å².